The number of hydrogen-bond donors (Lipinski definition) is 0. The van der Waals surface area contributed by atoms with Gasteiger partial charge in [0.15, 0.2) is 0 Å². The Hall–Kier alpha value is -1.58. The highest BCUT2D eigenvalue weighted by molar-refractivity contribution is 5.94. The number of hydrogen-bond acceptors (Lipinski definition) is 3. The van der Waals surface area contributed by atoms with Crippen LogP contribution in [0.5, 0.6) is 5.75 Å². The van der Waals surface area contributed by atoms with Gasteiger partial charge in [0.2, 0.25) is 0 Å². The van der Waals surface area contributed by atoms with Gasteiger partial charge in [-0.05, 0) is 12.5 Å². The lowest BCUT2D eigenvalue weighted by molar-refractivity contribution is 0.0827. The molecule has 0 aliphatic heterocycles. The van der Waals surface area contributed by atoms with Crippen LogP contribution in [-0.4, -0.2) is 37.0 Å². The Labute approximate surface area is 89.9 Å². The van der Waals surface area contributed by atoms with E-state index in [1.165, 1.54) is 4.90 Å². The third-order valence-corrected chi connectivity index (χ3v) is 2.14. The second kappa shape index (κ2) is 4.77. The summed E-state index contributed by atoms with van der Waals surface area (Å²) in [6.45, 7) is 2.00. The van der Waals surface area contributed by atoms with Crippen molar-refractivity contribution in [1.82, 2.24) is 9.88 Å². The second-order valence-electron chi connectivity index (χ2n) is 3.43. The van der Waals surface area contributed by atoms with Crippen molar-refractivity contribution >= 4 is 5.91 Å². The van der Waals surface area contributed by atoms with Crippen molar-refractivity contribution in [3.8, 4) is 5.75 Å². The smallest absolute Gasteiger partial charge is 0.255 e. The zero-order chi connectivity index (χ0) is 11.4. The first kappa shape index (κ1) is 11.5. The van der Waals surface area contributed by atoms with Crippen LogP contribution in [0.3, 0.4) is 0 Å². The highest BCUT2D eigenvalue weighted by atomic mass is 16.5. The number of methoxy groups -OCH3 is 1. The van der Waals surface area contributed by atoms with Gasteiger partial charge in [0.1, 0.15) is 5.75 Å². The minimum atomic E-state index is -0.0662. The highest BCUT2D eigenvalue weighted by Crippen LogP contribution is 2.18. The summed E-state index contributed by atoms with van der Waals surface area (Å²) in [5.41, 5.74) is 1.42. The second-order valence-corrected chi connectivity index (χ2v) is 3.43. The van der Waals surface area contributed by atoms with Gasteiger partial charge in [-0.3, -0.25) is 9.78 Å². The molecule has 4 heteroatoms. The summed E-state index contributed by atoms with van der Waals surface area (Å²) in [4.78, 5) is 17.4. The predicted octanol–water partition coefficient (Wildman–Crippen LogP) is 1.35. The fraction of sp³-hybridized carbons (Fsp3) is 0.455. The quantitative estimate of drug-likeness (QED) is 0.753. The zero-order valence-corrected chi connectivity index (χ0v) is 9.57. The van der Waals surface area contributed by atoms with Crippen LogP contribution in [0, 0.1) is 0 Å². The molecule has 15 heavy (non-hydrogen) atoms. The first-order chi connectivity index (χ1) is 7.10. The Bertz CT molecular complexity index is 362. The van der Waals surface area contributed by atoms with E-state index in [4.69, 9.17) is 4.74 Å². The van der Waals surface area contributed by atoms with Crippen LogP contribution in [0.15, 0.2) is 12.3 Å². The van der Waals surface area contributed by atoms with Crippen molar-refractivity contribution in [2.45, 2.75) is 13.3 Å². The standard InChI is InChI=1S/C11H16N2O2/c1-5-9-10(15-4)6-8(7-12-9)11(14)13(2)3/h6-7H,5H2,1-4H3. The fourth-order valence-electron chi connectivity index (χ4n) is 1.29. The minimum Gasteiger partial charge on any atom is -0.495 e. The van der Waals surface area contributed by atoms with E-state index in [1.54, 1.807) is 33.5 Å². The monoisotopic (exact) mass is 208 g/mol. The predicted molar refractivity (Wildman–Crippen MR) is 58.2 cm³/mol. The molecule has 0 spiro atoms. The van der Waals surface area contributed by atoms with E-state index < -0.39 is 0 Å². The number of nitrogens with zero attached hydrogens (tertiary/aromatic N) is 2. The highest BCUT2D eigenvalue weighted by Gasteiger charge is 2.11. The molecule has 0 unspecified atom stereocenters. The van der Waals surface area contributed by atoms with E-state index in [-0.39, 0.29) is 5.91 Å². The van der Waals surface area contributed by atoms with Crippen LogP contribution in [0.1, 0.15) is 23.0 Å². The van der Waals surface area contributed by atoms with Crippen LogP contribution >= 0.6 is 0 Å². The lowest BCUT2D eigenvalue weighted by Crippen LogP contribution is -2.22. The van der Waals surface area contributed by atoms with Gasteiger partial charge in [0.25, 0.3) is 5.91 Å². The molecule has 0 saturated carbocycles. The van der Waals surface area contributed by atoms with E-state index >= 15 is 0 Å². The lowest BCUT2D eigenvalue weighted by Gasteiger charge is -2.12. The van der Waals surface area contributed by atoms with Gasteiger partial charge in [-0.2, -0.15) is 0 Å². The SMILES string of the molecule is CCc1ncc(C(=O)N(C)C)cc1OC. The number of ether oxygens (including phenoxy) is 1. The Morgan fingerprint density at radius 3 is 2.67 bits per heavy atom. The lowest BCUT2D eigenvalue weighted by atomic mass is 10.2. The topological polar surface area (TPSA) is 42.4 Å². The number of pyridine rings is 1. The average molecular weight is 208 g/mol. The molecule has 82 valence electrons. The van der Waals surface area contributed by atoms with Crippen LogP contribution in [0.4, 0.5) is 0 Å². The summed E-state index contributed by atoms with van der Waals surface area (Å²) in [6.07, 6.45) is 2.38. The summed E-state index contributed by atoms with van der Waals surface area (Å²) in [6, 6.07) is 1.73. The molecule has 0 aliphatic rings. The molecule has 1 aromatic heterocycles. The molecule has 1 amide bonds. The number of carbonyl (C=O) groups is 1. The minimum absolute atomic E-state index is 0.0662. The number of aromatic nitrogens is 1. The van der Waals surface area contributed by atoms with Gasteiger partial charge in [0.05, 0.1) is 18.4 Å². The van der Waals surface area contributed by atoms with Crippen molar-refractivity contribution in [3.63, 3.8) is 0 Å². The molecule has 0 aromatic carbocycles. The van der Waals surface area contributed by atoms with Crippen LogP contribution in [0.25, 0.3) is 0 Å². The van der Waals surface area contributed by atoms with Gasteiger partial charge >= 0.3 is 0 Å². The molecule has 0 radical (unpaired) electrons. The molecular weight excluding hydrogens is 192 g/mol. The Balaban J connectivity index is 3.08. The first-order valence-electron chi connectivity index (χ1n) is 4.84. The molecule has 0 bridgehead atoms. The van der Waals surface area contributed by atoms with Crippen molar-refractivity contribution in [2.75, 3.05) is 21.2 Å². The summed E-state index contributed by atoms with van der Waals surface area (Å²) in [5.74, 6) is 0.605. The number of aryl methyl sites for hydroxylation is 1. The van der Waals surface area contributed by atoms with Gasteiger partial charge in [0, 0.05) is 20.3 Å². The summed E-state index contributed by atoms with van der Waals surface area (Å²) in [7, 11) is 5.01. The average Bonchev–Trinajstić information content (AvgIpc) is 2.26. The summed E-state index contributed by atoms with van der Waals surface area (Å²) in [5, 5.41) is 0. The summed E-state index contributed by atoms with van der Waals surface area (Å²) < 4.78 is 5.17. The van der Waals surface area contributed by atoms with Crippen molar-refractivity contribution in [3.05, 3.63) is 23.5 Å². The maximum Gasteiger partial charge on any atom is 0.255 e. The Kier molecular flexibility index (Phi) is 3.66. The first-order valence-corrected chi connectivity index (χ1v) is 4.84. The maximum atomic E-state index is 11.6. The molecule has 1 heterocycles. The van der Waals surface area contributed by atoms with Gasteiger partial charge in [-0.25, -0.2) is 0 Å². The van der Waals surface area contributed by atoms with Crippen LogP contribution in [0.2, 0.25) is 0 Å². The fourth-order valence-corrected chi connectivity index (χ4v) is 1.29. The molecule has 0 aliphatic carbocycles. The third-order valence-electron chi connectivity index (χ3n) is 2.14. The Morgan fingerprint density at radius 2 is 2.20 bits per heavy atom. The number of amides is 1. The molecule has 1 aromatic rings. The molecular formula is C11H16N2O2. The van der Waals surface area contributed by atoms with E-state index in [2.05, 4.69) is 4.98 Å². The van der Waals surface area contributed by atoms with Crippen LogP contribution in [-0.2, 0) is 6.42 Å². The van der Waals surface area contributed by atoms with Gasteiger partial charge in [-0.15, -0.1) is 0 Å². The molecule has 0 atom stereocenters. The largest absolute Gasteiger partial charge is 0.495 e. The van der Waals surface area contributed by atoms with Crippen molar-refractivity contribution in [2.24, 2.45) is 0 Å². The number of carbonyl (C=O) groups excluding carboxylic acids is 1. The zero-order valence-electron chi connectivity index (χ0n) is 9.57. The normalized spacial score (nSPS) is 9.87. The van der Waals surface area contributed by atoms with E-state index in [0.717, 1.165) is 12.1 Å². The van der Waals surface area contributed by atoms with Gasteiger partial charge < -0.3 is 9.64 Å². The Morgan fingerprint density at radius 1 is 1.53 bits per heavy atom. The maximum absolute atomic E-state index is 11.6. The van der Waals surface area contributed by atoms with Crippen molar-refractivity contribution < 1.29 is 9.53 Å². The third kappa shape index (κ3) is 2.46. The van der Waals surface area contributed by atoms with E-state index in [0.29, 0.717) is 11.3 Å². The summed E-state index contributed by atoms with van der Waals surface area (Å²) >= 11 is 0. The van der Waals surface area contributed by atoms with Crippen molar-refractivity contribution in [1.29, 1.82) is 0 Å². The van der Waals surface area contributed by atoms with Crippen LogP contribution < -0.4 is 4.74 Å². The molecule has 0 saturated heterocycles. The van der Waals surface area contributed by atoms with E-state index in [9.17, 15) is 4.79 Å². The molecule has 0 N–H and O–H groups in total. The molecule has 0 fully saturated rings. The molecule has 4 nitrogen and oxygen atoms in total. The van der Waals surface area contributed by atoms with E-state index in [1.807, 2.05) is 6.92 Å². The number of rotatable bonds is 3. The van der Waals surface area contributed by atoms with Gasteiger partial charge in [-0.1, -0.05) is 6.92 Å². The molecule has 1 rings (SSSR count).